The van der Waals surface area contributed by atoms with Crippen molar-refractivity contribution in [1.82, 2.24) is 0 Å². The zero-order valence-corrected chi connectivity index (χ0v) is 11.2. The maximum Gasteiger partial charge on any atom is 0.135 e. The lowest BCUT2D eigenvalue weighted by molar-refractivity contribution is 0.337. The molecule has 0 radical (unpaired) electrons. The van der Waals surface area contributed by atoms with Gasteiger partial charge in [-0.15, -0.1) is 0 Å². The average Bonchev–Trinajstić information content (AvgIpc) is 2.00. The Morgan fingerprint density at radius 2 is 1.92 bits per heavy atom. The monoisotopic (exact) mass is 356 g/mol. The molecule has 12 heavy (non-hydrogen) atoms. The van der Waals surface area contributed by atoms with E-state index in [9.17, 15) is 0 Å². The summed E-state index contributed by atoms with van der Waals surface area (Å²) in [4.78, 5) is 0. The van der Waals surface area contributed by atoms with Crippen molar-refractivity contribution in [3.63, 3.8) is 0 Å². The Bertz CT molecular complexity index is 286. The minimum Gasteiger partial charge on any atom is -0.493 e. The van der Waals surface area contributed by atoms with Crippen molar-refractivity contribution in [2.24, 2.45) is 0 Å². The highest BCUT2D eigenvalue weighted by atomic mass is 79.9. The molecular formula is C8H7Br3O. The topological polar surface area (TPSA) is 9.23 Å². The lowest BCUT2D eigenvalue weighted by Gasteiger charge is -2.07. The molecule has 4 heteroatoms. The summed E-state index contributed by atoms with van der Waals surface area (Å²) in [5, 5.41) is 0. The second-order valence-corrected chi connectivity index (χ2v) is 4.70. The number of ether oxygens (including phenoxy) is 1. The van der Waals surface area contributed by atoms with Gasteiger partial charge in [0.1, 0.15) is 5.75 Å². The summed E-state index contributed by atoms with van der Waals surface area (Å²) in [5.41, 5.74) is 0. The third-order valence-electron chi connectivity index (χ3n) is 1.26. The molecule has 1 aromatic rings. The second kappa shape index (κ2) is 4.63. The molecule has 66 valence electrons. The first-order valence-corrected chi connectivity index (χ1v) is 5.80. The highest BCUT2D eigenvalue weighted by Crippen LogP contribution is 2.35. The van der Waals surface area contributed by atoms with E-state index in [1.165, 1.54) is 0 Å². The molecule has 0 saturated heterocycles. The van der Waals surface area contributed by atoms with Gasteiger partial charge in [0, 0.05) is 8.95 Å². The van der Waals surface area contributed by atoms with E-state index in [-0.39, 0.29) is 0 Å². The van der Waals surface area contributed by atoms with Crippen LogP contribution in [0.2, 0.25) is 0 Å². The number of halogens is 3. The van der Waals surface area contributed by atoms with E-state index in [1.807, 2.05) is 19.1 Å². The Labute approximate surface area is 96.9 Å². The summed E-state index contributed by atoms with van der Waals surface area (Å²) < 4.78 is 8.33. The van der Waals surface area contributed by atoms with E-state index in [2.05, 4.69) is 47.8 Å². The van der Waals surface area contributed by atoms with E-state index >= 15 is 0 Å². The van der Waals surface area contributed by atoms with Gasteiger partial charge >= 0.3 is 0 Å². The molecule has 0 aliphatic heterocycles. The van der Waals surface area contributed by atoms with Crippen molar-refractivity contribution in [3.8, 4) is 5.75 Å². The largest absolute Gasteiger partial charge is 0.493 e. The third-order valence-corrected chi connectivity index (χ3v) is 3.69. The second-order valence-electron chi connectivity index (χ2n) is 2.13. The Kier molecular flexibility index (Phi) is 4.06. The molecule has 0 atom stereocenters. The summed E-state index contributed by atoms with van der Waals surface area (Å²) in [6.07, 6.45) is 0. The van der Waals surface area contributed by atoms with E-state index in [4.69, 9.17) is 4.74 Å². The van der Waals surface area contributed by atoms with Crippen LogP contribution >= 0.6 is 47.8 Å². The molecule has 0 N–H and O–H groups in total. The first-order valence-electron chi connectivity index (χ1n) is 3.42. The van der Waals surface area contributed by atoms with Gasteiger partial charge in [0.2, 0.25) is 0 Å². The molecule has 0 heterocycles. The lowest BCUT2D eigenvalue weighted by Crippen LogP contribution is -1.92. The standard InChI is InChI=1S/C8H7Br3O/c1-2-12-7-4-5(9)3-6(10)8(7)11/h3-4H,2H2,1H3. The lowest BCUT2D eigenvalue weighted by atomic mass is 10.3. The van der Waals surface area contributed by atoms with Gasteiger partial charge in [-0.3, -0.25) is 0 Å². The van der Waals surface area contributed by atoms with Gasteiger partial charge in [-0.1, -0.05) is 15.9 Å². The predicted octanol–water partition coefficient (Wildman–Crippen LogP) is 4.37. The van der Waals surface area contributed by atoms with E-state index in [0.29, 0.717) is 6.61 Å². The molecule has 0 aromatic heterocycles. The average molecular weight is 359 g/mol. The Hall–Kier alpha value is 0.460. The number of hydrogen-bond donors (Lipinski definition) is 0. The fourth-order valence-electron chi connectivity index (χ4n) is 0.793. The fraction of sp³-hybridized carbons (Fsp3) is 0.250. The first-order chi connectivity index (χ1) is 5.65. The normalized spacial score (nSPS) is 10.0. The van der Waals surface area contributed by atoms with Gasteiger partial charge in [-0.25, -0.2) is 0 Å². The minimum atomic E-state index is 0.668. The van der Waals surface area contributed by atoms with E-state index in [0.717, 1.165) is 19.2 Å². The highest BCUT2D eigenvalue weighted by Gasteiger charge is 2.05. The van der Waals surface area contributed by atoms with Gasteiger partial charge < -0.3 is 4.74 Å². The number of benzene rings is 1. The van der Waals surface area contributed by atoms with E-state index in [1.54, 1.807) is 0 Å². The third kappa shape index (κ3) is 2.47. The maximum atomic E-state index is 5.39. The van der Waals surface area contributed by atoms with Gasteiger partial charge in [0.05, 0.1) is 11.1 Å². The molecule has 0 unspecified atom stereocenters. The van der Waals surface area contributed by atoms with Crippen LogP contribution in [0, 0.1) is 0 Å². The summed E-state index contributed by atoms with van der Waals surface area (Å²) in [5.74, 6) is 0.846. The molecule has 1 rings (SSSR count). The minimum absolute atomic E-state index is 0.668. The molecule has 1 aromatic carbocycles. The van der Waals surface area contributed by atoms with Gasteiger partial charge in [0.15, 0.2) is 0 Å². The van der Waals surface area contributed by atoms with Gasteiger partial charge in [-0.05, 0) is 50.9 Å². The molecule has 0 aliphatic rings. The van der Waals surface area contributed by atoms with Crippen LogP contribution in [0.25, 0.3) is 0 Å². The van der Waals surface area contributed by atoms with Crippen LogP contribution in [-0.2, 0) is 0 Å². The zero-order chi connectivity index (χ0) is 9.14. The highest BCUT2D eigenvalue weighted by molar-refractivity contribution is 9.13. The summed E-state index contributed by atoms with van der Waals surface area (Å²) in [6.45, 7) is 2.63. The number of rotatable bonds is 2. The Morgan fingerprint density at radius 1 is 1.25 bits per heavy atom. The van der Waals surface area contributed by atoms with Crippen LogP contribution in [0.4, 0.5) is 0 Å². The number of hydrogen-bond acceptors (Lipinski definition) is 1. The van der Waals surface area contributed by atoms with Gasteiger partial charge in [0.25, 0.3) is 0 Å². The Morgan fingerprint density at radius 3 is 2.50 bits per heavy atom. The zero-order valence-electron chi connectivity index (χ0n) is 6.40. The van der Waals surface area contributed by atoms with Gasteiger partial charge in [-0.2, -0.15) is 0 Å². The molecule has 0 amide bonds. The van der Waals surface area contributed by atoms with Crippen molar-refractivity contribution in [1.29, 1.82) is 0 Å². The molecule has 1 nitrogen and oxygen atoms in total. The van der Waals surface area contributed by atoms with Crippen LogP contribution in [0.1, 0.15) is 6.92 Å². The smallest absolute Gasteiger partial charge is 0.135 e. The predicted molar refractivity (Wildman–Crippen MR) is 60.7 cm³/mol. The molecule has 0 saturated carbocycles. The SMILES string of the molecule is CCOc1cc(Br)cc(Br)c1Br. The van der Waals surface area contributed by atoms with Crippen LogP contribution in [0.3, 0.4) is 0 Å². The Balaban J connectivity index is 3.09. The van der Waals surface area contributed by atoms with Crippen LogP contribution in [0.5, 0.6) is 5.75 Å². The van der Waals surface area contributed by atoms with Crippen LogP contribution in [-0.4, -0.2) is 6.61 Å². The summed E-state index contributed by atoms with van der Waals surface area (Å²) >= 11 is 10.2. The summed E-state index contributed by atoms with van der Waals surface area (Å²) in [6, 6.07) is 3.89. The summed E-state index contributed by atoms with van der Waals surface area (Å²) in [7, 11) is 0. The van der Waals surface area contributed by atoms with E-state index < -0.39 is 0 Å². The molecule has 0 aliphatic carbocycles. The maximum absolute atomic E-state index is 5.39. The van der Waals surface area contributed by atoms with Crippen LogP contribution in [0.15, 0.2) is 25.6 Å². The molecule has 0 spiro atoms. The van der Waals surface area contributed by atoms with Crippen molar-refractivity contribution in [2.75, 3.05) is 6.61 Å². The van der Waals surface area contributed by atoms with Crippen molar-refractivity contribution < 1.29 is 4.74 Å². The molecule has 0 bridgehead atoms. The van der Waals surface area contributed by atoms with Crippen molar-refractivity contribution >= 4 is 47.8 Å². The first kappa shape index (κ1) is 10.5. The quantitative estimate of drug-likeness (QED) is 0.713. The van der Waals surface area contributed by atoms with Crippen LogP contribution < -0.4 is 4.74 Å². The fourth-order valence-corrected chi connectivity index (χ4v) is 2.32. The van der Waals surface area contributed by atoms with Crippen molar-refractivity contribution in [2.45, 2.75) is 6.92 Å². The molecular weight excluding hydrogens is 352 g/mol. The molecule has 0 fully saturated rings. The van der Waals surface area contributed by atoms with Crippen molar-refractivity contribution in [3.05, 3.63) is 25.6 Å².